The maximum Gasteiger partial charge on any atom is 0.337 e. The van der Waals surface area contributed by atoms with Gasteiger partial charge in [0.2, 0.25) is 0 Å². The van der Waals surface area contributed by atoms with Gasteiger partial charge in [-0.05, 0) is 19.1 Å². The summed E-state index contributed by atoms with van der Waals surface area (Å²) in [7, 11) is 0. The molecule has 0 fully saturated rings. The lowest BCUT2D eigenvalue weighted by atomic mass is 10.1. The zero-order valence-electron chi connectivity index (χ0n) is 9.95. The Morgan fingerprint density at radius 3 is 2.58 bits per heavy atom. The molecule has 7 nitrogen and oxygen atoms in total. The third-order valence-electron chi connectivity index (χ3n) is 2.70. The predicted octanol–water partition coefficient (Wildman–Crippen LogP) is 0.328. The van der Waals surface area contributed by atoms with Crippen molar-refractivity contribution >= 4 is 17.6 Å². The van der Waals surface area contributed by atoms with E-state index in [1.807, 2.05) is 0 Å². The number of carbonyl (C=O) groups is 2. The normalized spacial score (nSPS) is 10.6. The highest BCUT2D eigenvalue weighted by Gasteiger charge is 2.14. The molecule has 0 bridgehead atoms. The molecule has 0 aliphatic carbocycles. The number of aromatic carboxylic acids is 1. The smallest absolute Gasteiger partial charge is 0.337 e. The van der Waals surface area contributed by atoms with Crippen LogP contribution < -0.4 is 5.56 Å². The van der Waals surface area contributed by atoms with Crippen LogP contribution in [-0.4, -0.2) is 31.5 Å². The molecule has 0 saturated carbocycles. The summed E-state index contributed by atoms with van der Waals surface area (Å²) < 4.78 is 1.05. The van der Waals surface area contributed by atoms with Crippen molar-refractivity contribution < 1.29 is 19.8 Å². The predicted molar refractivity (Wildman–Crippen MR) is 64.5 cm³/mol. The van der Waals surface area contributed by atoms with Crippen LogP contribution in [0.4, 0.5) is 0 Å². The molecule has 0 aliphatic heterocycles. The number of carboxylic acids is 2. The number of carboxylic acid groups (broad SMARTS) is 2. The molecule has 2 aromatic heterocycles. The van der Waals surface area contributed by atoms with Crippen molar-refractivity contribution in [3.05, 3.63) is 45.5 Å². The fourth-order valence-electron chi connectivity index (χ4n) is 1.77. The number of aromatic nitrogens is 2. The van der Waals surface area contributed by atoms with E-state index in [-0.39, 0.29) is 16.8 Å². The quantitative estimate of drug-likeness (QED) is 0.824. The second-order valence-corrected chi connectivity index (χ2v) is 4.00. The largest absolute Gasteiger partial charge is 0.481 e. The SMILES string of the molecule is Cc1nc2ccc(C(=O)O)cn2c(=O)c1CC(=O)O. The molecule has 0 radical (unpaired) electrons. The summed E-state index contributed by atoms with van der Waals surface area (Å²) >= 11 is 0. The highest BCUT2D eigenvalue weighted by atomic mass is 16.4. The van der Waals surface area contributed by atoms with E-state index in [1.54, 1.807) is 6.92 Å². The lowest BCUT2D eigenvalue weighted by Crippen LogP contribution is -2.24. The third kappa shape index (κ3) is 2.30. The molecule has 19 heavy (non-hydrogen) atoms. The summed E-state index contributed by atoms with van der Waals surface area (Å²) in [5.41, 5.74) is 0.0270. The third-order valence-corrected chi connectivity index (χ3v) is 2.70. The Labute approximate surface area is 106 Å². The van der Waals surface area contributed by atoms with Crippen LogP contribution in [0, 0.1) is 6.92 Å². The van der Waals surface area contributed by atoms with Crippen molar-refractivity contribution in [2.75, 3.05) is 0 Å². The van der Waals surface area contributed by atoms with Crippen LogP contribution in [-0.2, 0) is 11.2 Å². The van der Waals surface area contributed by atoms with Crippen LogP contribution in [0.1, 0.15) is 21.6 Å². The average molecular weight is 262 g/mol. The molecule has 2 N–H and O–H groups in total. The van der Waals surface area contributed by atoms with E-state index < -0.39 is 23.9 Å². The number of hydrogen-bond donors (Lipinski definition) is 2. The number of rotatable bonds is 3. The van der Waals surface area contributed by atoms with Crippen molar-refractivity contribution in [3.8, 4) is 0 Å². The summed E-state index contributed by atoms with van der Waals surface area (Å²) in [6, 6.07) is 2.74. The van der Waals surface area contributed by atoms with Gasteiger partial charge in [-0.15, -0.1) is 0 Å². The summed E-state index contributed by atoms with van der Waals surface area (Å²) in [6.07, 6.45) is 0.690. The van der Waals surface area contributed by atoms with Crippen LogP contribution in [0.3, 0.4) is 0 Å². The summed E-state index contributed by atoms with van der Waals surface area (Å²) in [5.74, 6) is -2.31. The summed E-state index contributed by atoms with van der Waals surface area (Å²) in [4.78, 5) is 37.8. The molecular weight excluding hydrogens is 252 g/mol. The molecule has 0 unspecified atom stereocenters. The minimum absolute atomic E-state index is 0.0486. The standard InChI is InChI=1S/C12H10N2O5/c1-6-8(4-10(15)16)11(17)14-5-7(12(18)19)2-3-9(14)13-6/h2-3,5H,4H2,1H3,(H,15,16)(H,18,19). The molecule has 0 amide bonds. The number of hydrogen-bond acceptors (Lipinski definition) is 4. The zero-order valence-corrected chi connectivity index (χ0v) is 9.95. The molecule has 98 valence electrons. The average Bonchev–Trinajstić information content (AvgIpc) is 2.33. The van der Waals surface area contributed by atoms with E-state index in [2.05, 4.69) is 4.98 Å². The second kappa shape index (κ2) is 4.52. The molecule has 0 aromatic carbocycles. The van der Waals surface area contributed by atoms with Crippen LogP contribution >= 0.6 is 0 Å². The van der Waals surface area contributed by atoms with Crippen molar-refractivity contribution in [1.29, 1.82) is 0 Å². The number of aliphatic carboxylic acids is 1. The van der Waals surface area contributed by atoms with Crippen molar-refractivity contribution in [3.63, 3.8) is 0 Å². The van der Waals surface area contributed by atoms with Gasteiger partial charge < -0.3 is 10.2 Å². The van der Waals surface area contributed by atoms with Gasteiger partial charge in [0.25, 0.3) is 5.56 Å². The first kappa shape index (κ1) is 12.7. The topological polar surface area (TPSA) is 109 Å². The first-order valence-corrected chi connectivity index (χ1v) is 5.37. The van der Waals surface area contributed by atoms with Crippen molar-refractivity contribution in [2.24, 2.45) is 0 Å². The first-order chi connectivity index (χ1) is 8.90. The number of nitrogens with zero attached hydrogens (tertiary/aromatic N) is 2. The van der Waals surface area contributed by atoms with Gasteiger partial charge in [-0.25, -0.2) is 9.78 Å². The Morgan fingerprint density at radius 2 is 2.00 bits per heavy atom. The Hall–Kier alpha value is -2.70. The van der Waals surface area contributed by atoms with Gasteiger partial charge in [0.15, 0.2) is 0 Å². The van der Waals surface area contributed by atoms with Crippen LogP contribution in [0.15, 0.2) is 23.1 Å². The monoisotopic (exact) mass is 262 g/mol. The lowest BCUT2D eigenvalue weighted by Gasteiger charge is -2.06. The van der Waals surface area contributed by atoms with Crippen molar-refractivity contribution in [1.82, 2.24) is 9.38 Å². The van der Waals surface area contributed by atoms with E-state index in [9.17, 15) is 14.4 Å². The lowest BCUT2D eigenvalue weighted by molar-refractivity contribution is -0.136. The van der Waals surface area contributed by atoms with Gasteiger partial charge in [0.05, 0.1) is 17.5 Å². The number of fused-ring (bicyclic) bond motifs is 1. The maximum absolute atomic E-state index is 12.1. The minimum Gasteiger partial charge on any atom is -0.481 e. The molecule has 0 saturated heterocycles. The fraction of sp³-hybridized carbons (Fsp3) is 0.167. The Kier molecular flexibility index (Phi) is 3.04. The number of pyridine rings is 1. The van der Waals surface area contributed by atoms with Crippen LogP contribution in [0.25, 0.3) is 5.65 Å². The van der Waals surface area contributed by atoms with Crippen LogP contribution in [0.5, 0.6) is 0 Å². The van der Waals surface area contributed by atoms with E-state index in [1.165, 1.54) is 12.1 Å². The Morgan fingerprint density at radius 1 is 1.32 bits per heavy atom. The Bertz CT molecular complexity index is 748. The molecular formula is C12H10N2O5. The van der Waals surface area contributed by atoms with Gasteiger partial charge >= 0.3 is 11.9 Å². The zero-order chi connectivity index (χ0) is 14.2. The minimum atomic E-state index is -1.17. The molecule has 0 spiro atoms. The highest BCUT2D eigenvalue weighted by molar-refractivity contribution is 5.87. The summed E-state index contributed by atoms with van der Waals surface area (Å²) in [5, 5.41) is 17.6. The summed E-state index contributed by atoms with van der Waals surface area (Å²) in [6.45, 7) is 1.55. The highest BCUT2D eigenvalue weighted by Crippen LogP contribution is 2.07. The van der Waals surface area contributed by atoms with Crippen molar-refractivity contribution in [2.45, 2.75) is 13.3 Å². The van der Waals surface area contributed by atoms with Gasteiger partial charge in [-0.3, -0.25) is 14.0 Å². The molecule has 2 heterocycles. The van der Waals surface area contributed by atoms with E-state index in [0.29, 0.717) is 5.69 Å². The molecule has 2 aromatic rings. The second-order valence-electron chi connectivity index (χ2n) is 4.00. The van der Waals surface area contributed by atoms with E-state index >= 15 is 0 Å². The molecule has 0 atom stereocenters. The van der Waals surface area contributed by atoms with Gasteiger partial charge in [-0.1, -0.05) is 0 Å². The van der Waals surface area contributed by atoms with Gasteiger partial charge in [0.1, 0.15) is 5.65 Å². The fourth-order valence-corrected chi connectivity index (χ4v) is 1.77. The Balaban J connectivity index is 2.76. The van der Waals surface area contributed by atoms with E-state index in [0.717, 1.165) is 10.6 Å². The molecule has 0 aliphatic rings. The maximum atomic E-state index is 12.1. The first-order valence-electron chi connectivity index (χ1n) is 5.37. The van der Waals surface area contributed by atoms with E-state index in [4.69, 9.17) is 10.2 Å². The van der Waals surface area contributed by atoms with Gasteiger partial charge in [0, 0.05) is 11.9 Å². The molecule has 2 rings (SSSR count). The number of aryl methyl sites for hydroxylation is 1. The van der Waals surface area contributed by atoms with Gasteiger partial charge in [-0.2, -0.15) is 0 Å². The molecule has 7 heteroatoms. The van der Waals surface area contributed by atoms with Crippen LogP contribution in [0.2, 0.25) is 0 Å².